The molecule has 8 heteroatoms. The van der Waals surface area contributed by atoms with Crippen LogP contribution in [0.25, 0.3) is 0 Å². The van der Waals surface area contributed by atoms with E-state index in [-0.39, 0.29) is 17.4 Å². The fourth-order valence-electron chi connectivity index (χ4n) is 2.15. The lowest BCUT2D eigenvalue weighted by Crippen LogP contribution is -2.34. The number of methoxy groups -OCH3 is 1. The van der Waals surface area contributed by atoms with Gasteiger partial charge in [0.05, 0.1) is 19.3 Å². The van der Waals surface area contributed by atoms with Crippen molar-refractivity contribution in [3.63, 3.8) is 0 Å². The SMILES string of the molecule is COC(=O)c1cccc(NC(=S)NC(=O)CCCOc2ccc(Cl)cc2)c1. The Labute approximate surface area is 167 Å². The number of hydrogen-bond acceptors (Lipinski definition) is 5. The van der Waals surface area contributed by atoms with E-state index in [1.807, 2.05) is 0 Å². The highest BCUT2D eigenvalue weighted by molar-refractivity contribution is 7.80. The highest BCUT2D eigenvalue weighted by atomic mass is 35.5. The predicted molar refractivity (Wildman–Crippen MR) is 108 cm³/mol. The summed E-state index contributed by atoms with van der Waals surface area (Å²) in [5.74, 6) is 0.0214. The van der Waals surface area contributed by atoms with Crippen molar-refractivity contribution in [1.82, 2.24) is 5.32 Å². The maximum absolute atomic E-state index is 11.9. The van der Waals surface area contributed by atoms with Crippen molar-refractivity contribution in [2.45, 2.75) is 12.8 Å². The number of benzene rings is 2. The molecule has 0 saturated carbocycles. The first-order chi connectivity index (χ1) is 13.0. The Bertz CT molecular complexity index is 812. The second kappa shape index (κ2) is 10.5. The van der Waals surface area contributed by atoms with E-state index >= 15 is 0 Å². The molecule has 0 aliphatic carbocycles. The fraction of sp³-hybridized carbons (Fsp3) is 0.211. The third-order valence-electron chi connectivity index (χ3n) is 3.43. The zero-order valence-corrected chi connectivity index (χ0v) is 16.2. The van der Waals surface area contributed by atoms with Crippen LogP contribution in [0.5, 0.6) is 5.75 Å². The third kappa shape index (κ3) is 7.24. The Kier molecular flexibility index (Phi) is 8.03. The average Bonchev–Trinajstić information content (AvgIpc) is 2.66. The first-order valence-electron chi connectivity index (χ1n) is 8.15. The number of anilines is 1. The summed E-state index contributed by atoms with van der Waals surface area (Å²) in [6.07, 6.45) is 0.798. The number of hydrogen-bond donors (Lipinski definition) is 2. The summed E-state index contributed by atoms with van der Waals surface area (Å²) in [6, 6.07) is 13.6. The van der Waals surface area contributed by atoms with Crippen LogP contribution < -0.4 is 15.4 Å². The van der Waals surface area contributed by atoms with Crippen molar-refractivity contribution in [1.29, 1.82) is 0 Å². The normalized spacial score (nSPS) is 10.0. The lowest BCUT2D eigenvalue weighted by Gasteiger charge is -2.10. The van der Waals surface area contributed by atoms with Crippen molar-refractivity contribution in [3.05, 3.63) is 59.1 Å². The summed E-state index contributed by atoms with van der Waals surface area (Å²) in [7, 11) is 1.31. The van der Waals surface area contributed by atoms with Crippen molar-refractivity contribution < 1.29 is 19.1 Å². The van der Waals surface area contributed by atoms with Gasteiger partial charge in [0, 0.05) is 17.1 Å². The molecular weight excluding hydrogens is 388 g/mol. The van der Waals surface area contributed by atoms with Crippen LogP contribution in [-0.2, 0) is 9.53 Å². The van der Waals surface area contributed by atoms with E-state index in [1.54, 1.807) is 48.5 Å². The summed E-state index contributed by atoms with van der Waals surface area (Å²) >= 11 is 10.9. The summed E-state index contributed by atoms with van der Waals surface area (Å²) in [4.78, 5) is 23.5. The molecule has 0 saturated heterocycles. The molecule has 0 bridgehead atoms. The highest BCUT2D eigenvalue weighted by Crippen LogP contribution is 2.15. The molecule has 0 aliphatic rings. The molecule has 0 spiro atoms. The molecule has 0 heterocycles. The molecule has 2 aromatic carbocycles. The molecule has 2 aromatic rings. The molecule has 6 nitrogen and oxygen atoms in total. The molecule has 1 amide bonds. The van der Waals surface area contributed by atoms with Crippen molar-refractivity contribution in [2.75, 3.05) is 19.0 Å². The molecule has 0 fully saturated rings. The number of esters is 1. The van der Waals surface area contributed by atoms with Crippen LogP contribution in [0.15, 0.2) is 48.5 Å². The van der Waals surface area contributed by atoms with Gasteiger partial charge in [0.25, 0.3) is 0 Å². The lowest BCUT2D eigenvalue weighted by atomic mass is 10.2. The maximum Gasteiger partial charge on any atom is 0.337 e. The third-order valence-corrected chi connectivity index (χ3v) is 3.88. The molecule has 0 unspecified atom stereocenters. The molecular formula is C19H19ClN2O4S. The maximum atomic E-state index is 11.9. The van der Waals surface area contributed by atoms with Crippen LogP contribution in [0.3, 0.4) is 0 Å². The minimum Gasteiger partial charge on any atom is -0.494 e. The largest absolute Gasteiger partial charge is 0.494 e. The number of carbonyl (C=O) groups excluding carboxylic acids is 2. The van der Waals surface area contributed by atoms with Crippen LogP contribution in [-0.4, -0.2) is 30.7 Å². The predicted octanol–water partition coefficient (Wildman–Crippen LogP) is 3.80. The lowest BCUT2D eigenvalue weighted by molar-refractivity contribution is -0.119. The Morgan fingerprint density at radius 2 is 1.89 bits per heavy atom. The van der Waals surface area contributed by atoms with Gasteiger partial charge in [-0.15, -0.1) is 0 Å². The number of halogens is 1. The Balaban J connectivity index is 1.71. The number of amides is 1. The zero-order chi connectivity index (χ0) is 19.6. The number of carbonyl (C=O) groups is 2. The topological polar surface area (TPSA) is 76.7 Å². The van der Waals surface area contributed by atoms with Gasteiger partial charge in [-0.25, -0.2) is 4.79 Å². The van der Waals surface area contributed by atoms with Crippen LogP contribution in [0, 0.1) is 0 Å². The molecule has 0 aromatic heterocycles. The molecule has 0 atom stereocenters. The Morgan fingerprint density at radius 3 is 2.59 bits per heavy atom. The van der Waals surface area contributed by atoms with Crippen molar-refractivity contribution >= 4 is 46.5 Å². The summed E-state index contributed by atoms with van der Waals surface area (Å²) < 4.78 is 10.2. The van der Waals surface area contributed by atoms with Crippen LogP contribution in [0.2, 0.25) is 5.02 Å². The molecule has 2 N–H and O–H groups in total. The van der Waals surface area contributed by atoms with Gasteiger partial charge in [-0.2, -0.15) is 0 Å². The first kappa shape index (κ1) is 20.7. The standard InChI is InChI=1S/C19H19ClN2O4S/c1-25-18(24)13-4-2-5-15(12-13)21-19(27)22-17(23)6-3-11-26-16-9-7-14(20)8-10-16/h2,4-5,7-10,12H,3,6,11H2,1H3,(H2,21,22,23,27). The highest BCUT2D eigenvalue weighted by Gasteiger charge is 2.08. The minimum atomic E-state index is -0.450. The van der Waals surface area contributed by atoms with Gasteiger partial charge in [-0.05, 0) is 61.1 Å². The fourth-order valence-corrected chi connectivity index (χ4v) is 2.50. The van der Waals surface area contributed by atoms with Crippen LogP contribution >= 0.6 is 23.8 Å². The molecule has 27 heavy (non-hydrogen) atoms. The van der Waals surface area contributed by atoms with E-state index in [0.717, 1.165) is 0 Å². The number of ether oxygens (including phenoxy) is 2. The van der Waals surface area contributed by atoms with Gasteiger partial charge in [-0.1, -0.05) is 17.7 Å². The molecule has 0 aliphatic heterocycles. The second-order valence-corrected chi connectivity index (χ2v) is 6.33. The van der Waals surface area contributed by atoms with Gasteiger partial charge >= 0.3 is 5.97 Å². The quantitative estimate of drug-likeness (QED) is 0.414. The molecule has 0 radical (unpaired) electrons. The van der Waals surface area contributed by atoms with E-state index in [0.29, 0.717) is 35.1 Å². The van der Waals surface area contributed by atoms with Crippen LogP contribution in [0.4, 0.5) is 5.69 Å². The Morgan fingerprint density at radius 1 is 1.15 bits per heavy atom. The molecule has 2 rings (SSSR count). The van der Waals surface area contributed by atoms with E-state index in [4.69, 9.17) is 28.6 Å². The van der Waals surface area contributed by atoms with Crippen LogP contribution in [0.1, 0.15) is 23.2 Å². The van der Waals surface area contributed by atoms with E-state index in [2.05, 4.69) is 15.4 Å². The summed E-state index contributed by atoms with van der Waals surface area (Å²) in [5.41, 5.74) is 0.963. The van der Waals surface area contributed by atoms with Gasteiger partial charge in [0.15, 0.2) is 5.11 Å². The van der Waals surface area contributed by atoms with E-state index in [9.17, 15) is 9.59 Å². The van der Waals surface area contributed by atoms with Gasteiger partial charge < -0.3 is 20.1 Å². The smallest absolute Gasteiger partial charge is 0.337 e. The van der Waals surface area contributed by atoms with Gasteiger partial charge in [0.1, 0.15) is 5.75 Å². The van der Waals surface area contributed by atoms with E-state index in [1.165, 1.54) is 7.11 Å². The van der Waals surface area contributed by atoms with Crippen molar-refractivity contribution in [2.24, 2.45) is 0 Å². The Hall–Kier alpha value is -2.64. The average molecular weight is 407 g/mol. The molecule has 142 valence electrons. The number of rotatable bonds is 7. The number of nitrogens with one attached hydrogen (secondary N) is 2. The first-order valence-corrected chi connectivity index (χ1v) is 8.94. The van der Waals surface area contributed by atoms with Crippen molar-refractivity contribution in [3.8, 4) is 5.75 Å². The number of thiocarbonyl (C=S) groups is 1. The zero-order valence-electron chi connectivity index (χ0n) is 14.7. The summed E-state index contributed by atoms with van der Waals surface area (Å²) in [6.45, 7) is 0.399. The monoisotopic (exact) mass is 406 g/mol. The van der Waals surface area contributed by atoms with Gasteiger partial charge in [-0.3, -0.25) is 4.79 Å². The van der Waals surface area contributed by atoms with E-state index < -0.39 is 5.97 Å². The second-order valence-electron chi connectivity index (χ2n) is 5.48. The minimum absolute atomic E-state index is 0.153. The van der Waals surface area contributed by atoms with Gasteiger partial charge in [0.2, 0.25) is 5.91 Å². The summed E-state index contributed by atoms with van der Waals surface area (Å²) in [5, 5.41) is 6.24.